The molecular formula is C24H25N3O4. The lowest BCUT2D eigenvalue weighted by molar-refractivity contribution is -0.178. The third-order valence-corrected chi connectivity index (χ3v) is 5.31. The first-order chi connectivity index (χ1) is 15.1. The second-order valence-electron chi connectivity index (χ2n) is 7.66. The summed E-state index contributed by atoms with van der Waals surface area (Å²) < 4.78 is 7.27. The summed E-state index contributed by atoms with van der Waals surface area (Å²) in [6.45, 7) is 3.17. The molecule has 0 aliphatic heterocycles. The standard InChI is InChI=1S/C24H25N3O4/c1-3-12-30-24(28)26-18-8-6-17(7-9-18)23-21(14-25)20-11-10-19(31-29-2)13-22(20)27(23)15-16-4-5-16/h6-11,13,16H,3-5,12,15H2,1-2H3,(H,26,28). The number of carbonyl (C=O) groups is 1. The molecule has 4 rings (SSSR count). The second-order valence-corrected chi connectivity index (χ2v) is 7.66. The molecule has 2 aromatic carbocycles. The van der Waals surface area contributed by atoms with Crippen LogP contribution in [0.2, 0.25) is 0 Å². The highest BCUT2D eigenvalue weighted by Gasteiger charge is 2.26. The molecule has 1 N–H and O–H groups in total. The van der Waals surface area contributed by atoms with Gasteiger partial charge in [0.15, 0.2) is 5.75 Å². The summed E-state index contributed by atoms with van der Waals surface area (Å²) in [7, 11) is 1.47. The Balaban J connectivity index is 1.73. The van der Waals surface area contributed by atoms with Crippen LogP contribution in [0.5, 0.6) is 5.75 Å². The average molecular weight is 419 g/mol. The number of nitriles is 1. The van der Waals surface area contributed by atoms with E-state index in [4.69, 9.17) is 14.5 Å². The lowest BCUT2D eigenvalue weighted by Gasteiger charge is -2.12. The van der Waals surface area contributed by atoms with Gasteiger partial charge in [-0.15, -0.1) is 0 Å². The number of nitrogens with one attached hydrogen (secondary N) is 1. The summed E-state index contributed by atoms with van der Waals surface area (Å²) in [5.41, 5.74) is 4.00. The zero-order valence-corrected chi connectivity index (χ0v) is 17.7. The van der Waals surface area contributed by atoms with Gasteiger partial charge in [-0.05, 0) is 55.0 Å². The van der Waals surface area contributed by atoms with E-state index >= 15 is 0 Å². The highest BCUT2D eigenvalue weighted by molar-refractivity contribution is 5.95. The number of ether oxygens (including phenoxy) is 1. The SMILES string of the molecule is CCCOC(=O)Nc1ccc(-c2c(C#N)c3ccc(OOC)cc3n2CC2CC2)cc1. The van der Waals surface area contributed by atoms with Crippen LogP contribution in [0.1, 0.15) is 31.7 Å². The lowest BCUT2D eigenvalue weighted by Crippen LogP contribution is -2.13. The van der Waals surface area contributed by atoms with Gasteiger partial charge in [0, 0.05) is 23.7 Å². The summed E-state index contributed by atoms with van der Waals surface area (Å²) in [4.78, 5) is 21.8. The monoisotopic (exact) mass is 419 g/mol. The summed E-state index contributed by atoms with van der Waals surface area (Å²) >= 11 is 0. The van der Waals surface area contributed by atoms with Crippen LogP contribution < -0.4 is 10.2 Å². The van der Waals surface area contributed by atoms with Crippen molar-refractivity contribution in [3.05, 3.63) is 48.0 Å². The molecule has 0 bridgehead atoms. The van der Waals surface area contributed by atoms with Gasteiger partial charge in [0.2, 0.25) is 0 Å². The van der Waals surface area contributed by atoms with Gasteiger partial charge < -0.3 is 14.2 Å². The molecule has 1 heterocycles. The average Bonchev–Trinajstić information content (AvgIpc) is 3.55. The molecule has 1 aromatic heterocycles. The Hall–Kier alpha value is -3.50. The molecule has 7 heteroatoms. The van der Waals surface area contributed by atoms with Gasteiger partial charge >= 0.3 is 6.09 Å². The fraction of sp³-hybridized carbons (Fsp3) is 0.333. The molecule has 3 aromatic rings. The molecular weight excluding hydrogens is 394 g/mol. The van der Waals surface area contributed by atoms with Crippen molar-refractivity contribution in [2.45, 2.75) is 32.7 Å². The number of anilines is 1. The number of hydrogen-bond donors (Lipinski definition) is 1. The molecule has 0 spiro atoms. The van der Waals surface area contributed by atoms with Crippen LogP contribution in [0.3, 0.4) is 0 Å². The molecule has 1 aliphatic rings. The van der Waals surface area contributed by atoms with E-state index in [9.17, 15) is 10.1 Å². The summed E-state index contributed by atoms with van der Waals surface area (Å²) in [6, 6.07) is 15.5. The van der Waals surface area contributed by atoms with E-state index in [0.29, 0.717) is 29.5 Å². The van der Waals surface area contributed by atoms with Crippen molar-refractivity contribution < 1.29 is 19.3 Å². The molecule has 0 atom stereocenters. The zero-order valence-electron chi connectivity index (χ0n) is 17.7. The van der Waals surface area contributed by atoms with Gasteiger partial charge in [-0.2, -0.15) is 10.1 Å². The number of carbonyl (C=O) groups excluding carboxylic acids is 1. The van der Waals surface area contributed by atoms with E-state index < -0.39 is 6.09 Å². The normalized spacial score (nSPS) is 13.1. The number of nitrogens with zero attached hydrogens (tertiary/aromatic N) is 2. The van der Waals surface area contributed by atoms with Gasteiger partial charge in [0.05, 0.1) is 30.5 Å². The van der Waals surface area contributed by atoms with Crippen molar-refractivity contribution >= 4 is 22.7 Å². The topological polar surface area (TPSA) is 85.5 Å². The molecule has 160 valence electrons. The molecule has 0 unspecified atom stereocenters. The Kier molecular flexibility index (Phi) is 6.10. The van der Waals surface area contributed by atoms with E-state index in [2.05, 4.69) is 16.0 Å². The zero-order chi connectivity index (χ0) is 21.8. The van der Waals surface area contributed by atoms with E-state index in [-0.39, 0.29) is 0 Å². The largest absolute Gasteiger partial charge is 0.449 e. The summed E-state index contributed by atoms with van der Waals surface area (Å²) in [5, 5.41) is 13.6. The predicted molar refractivity (Wildman–Crippen MR) is 118 cm³/mol. The van der Waals surface area contributed by atoms with Crippen molar-refractivity contribution in [2.24, 2.45) is 5.92 Å². The molecule has 1 amide bonds. The lowest BCUT2D eigenvalue weighted by atomic mass is 10.1. The molecule has 0 saturated heterocycles. The van der Waals surface area contributed by atoms with Crippen molar-refractivity contribution in [2.75, 3.05) is 19.0 Å². The maximum Gasteiger partial charge on any atom is 0.411 e. The van der Waals surface area contributed by atoms with Crippen LogP contribution in [-0.4, -0.2) is 24.4 Å². The molecule has 1 aliphatic carbocycles. The van der Waals surface area contributed by atoms with Crippen LogP contribution >= 0.6 is 0 Å². The fourth-order valence-electron chi connectivity index (χ4n) is 3.70. The first-order valence-electron chi connectivity index (χ1n) is 10.5. The van der Waals surface area contributed by atoms with Gasteiger partial charge in [0.1, 0.15) is 6.07 Å². The number of benzene rings is 2. The van der Waals surface area contributed by atoms with Crippen molar-refractivity contribution in [3.8, 4) is 23.1 Å². The van der Waals surface area contributed by atoms with Crippen molar-refractivity contribution in [1.29, 1.82) is 5.26 Å². The van der Waals surface area contributed by atoms with E-state index in [0.717, 1.165) is 35.1 Å². The third kappa shape index (κ3) is 4.49. The first kappa shape index (κ1) is 20.8. The quantitative estimate of drug-likeness (QED) is 0.385. The van der Waals surface area contributed by atoms with Crippen LogP contribution in [-0.2, 0) is 16.2 Å². The van der Waals surface area contributed by atoms with Crippen LogP contribution in [0.25, 0.3) is 22.2 Å². The molecule has 7 nitrogen and oxygen atoms in total. The highest BCUT2D eigenvalue weighted by Crippen LogP contribution is 2.39. The van der Waals surface area contributed by atoms with Crippen LogP contribution in [0.4, 0.5) is 10.5 Å². The number of fused-ring (bicyclic) bond motifs is 1. The molecule has 31 heavy (non-hydrogen) atoms. The minimum atomic E-state index is -0.471. The molecule has 1 saturated carbocycles. The third-order valence-electron chi connectivity index (χ3n) is 5.31. The van der Waals surface area contributed by atoms with Crippen LogP contribution in [0, 0.1) is 17.2 Å². The Morgan fingerprint density at radius 3 is 2.65 bits per heavy atom. The van der Waals surface area contributed by atoms with Crippen LogP contribution in [0.15, 0.2) is 42.5 Å². The number of aromatic nitrogens is 1. The van der Waals surface area contributed by atoms with Gasteiger partial charge in [-0.3, -0.25) is 5.32 Å². The van der Waals surface area contributed by atoms with Gasteiger partial charge in [-0.25, -0.2) is 4.79 Å². The highest BCUT2D eigenvalue weighted by atomic mass is 17.2. The number of rotatable bonds is 8. The van der Waals surface area contributed by atoms with Gasteiger partial charge in [0.25, 0.3) is 0 Å². The second kappa shape index (κ2) is 9.11. The predicted octanol–water partition coefficient (Wildman–Crippen LogP) is 5.49. The fourth-order valence-corrected chi connectivity index (χ4v) is 3.70. The van der Waals surface area contributed by atoms with E-state index in [1.807, 2.05) is 43.3 Å². The minimum absolute atomic E-state index is 0.380. The minimum Gasteiger partial charge on any atom is -0.449 e. The molecule has 0 radical (unpaired) electrons. The Morgan fingerprint density at radius 1 is 1.23 bits per heavy atom. The smallest absolute Gasteiger partial charge is 0.411 e. The maximum atomic E-state index is 11.8. The van der Waals surface area contributed by atoms with Crippen molar-refractivity contribution in [1.82, 2.24) is 4.57 Å². The van der Waals surface area contributed by atoms with E-state index in [1.54, 1.807) is 6.07 Å². The van der Waals surface area contributed by atoms with E-state index in [1.165, 1.54) is 20.0 Å². The Bertz CT molecular complexity index is 1120. The number of hydrogen-bond acceptors (Lipinski definition) is 5. The summed E-state index contributed by atoms with van der Waals surface area (Å²) in [6.07, 6.45) is 2.68. The van der Waals surface area contributed by atoms with Gasteiger partial charge in [-0.1, -0.05) is 19.1 Å². The maximum absolute atomic E-state index is 11.8. The summed E-state index contributed by atoms with van der Waals surface area (Å²) in [5.74, 6) is 1.20. The van der Waals surface area contributed by atoms with Crippen molar-refractivity contribution in [3.63, 3.8) is 0 Å². The Labute approximate surface area is 181 Å². The first-order valence-corrected chi connectivity index (χ1v) is 10.5. The number of amides is 1. The Morgan fingerprint density at radius 2 is 2.00 bits per heavy atom. The molecule has 1 fully saturated rings.